The first-order valence-electron chi connectivity index (χ1n) is 11.4. The highest BCUT2D eigenvalue weighted by Crippen LogP contribution is 2.35. The van der Waals surface area contributed by atoms with Crippen LogP contribution in [0, 0.1) is 19.7 Å². The van der Waals surface area contributed by atoms with Crippen LogP contribution in [0.2, 0.25) is 0 Å². The van der Waals surface area contributed by atoms with Crippen LogP contribution in [0.25, 0.3) is 27.8 Å². The van der Waals surface area contributed by atoms with Gasteiger partial charge in [0.2, 0.25) is 0 Å². The predicted molar refractivity (Wildman–Crippen MR) is 127 cm³/mol. The van der Waals surface area contributed by atoms with Gasteiger partial charge in [-0.15, -0.1) is 0 Å². The maximum atomic E-state index is 14.0. The van der Waals surface area contributed by atoms with Crippen molar-refractivity contribution in [2.75, 3.05) is 6.54 Å². The number of fused-ring (bicyclic) bond motifs is 2. The van der Waals surface area contributed by atoms with Gasteiger partial charge in [-0.25, -0.2) is 14.4 Å². The van der Waals surface area contributed by atoms with Crippen LogP contribution in [0.15, 0.2) is 54.7 Å². The lowest BCUT2D eigenvalue weighted by Gasteiger charge is -2.24. The van der Waals surface area contributed by atoms with Crippen LogP contribution in [0.1, 0.15) is 41.5 Å². The smallest absolute Gasteiger partial charge is 0.165 e. The highest BCUT2D eigenvalue weighted by molar-refractivity contribution is 5.84. The third-order valence-corrected chi connectivity index (χ3v) is 6.75. The van der Waals surface area contributed by atoms with E-state index in [0.29, 0.717) is 0 Å². The third-order valence-electron chi connectivity index (χ3n) is 6.75. The van der Waals surface area contributed by atoms with E-state index in [9.17, 15) is 4.39 Å². The number of pyridine rings is 2. The highest BCUT2D eigenvalue weighted by Gasteiger charge is 2.29. The highest BCUT2D eigenvalue weighted by atomic mass is 19.1. The van der Waals surface area contributed by atoms with Crippen molar-refractivity contribution in [2.45, 2.75) is 39.3 Å². The second kappa shape index (κ2) is 7.78. The fraction of sp³-hybridized carbons (Fsp3) is 0.269. The van der Waals surface area contributed by atoms with Gasteiger partial charge < -0.3 is 4.98 Å². The molecule has 6 rings (SSSR count). The summed E-state index contributed by atoms with van der Waals surface area (Å²) in [6.45, 7) is 5.82. The van der Waals surface area contributed by atoms with E-state index in [1.807, 2.05) is 35.9 Å². The number of rotatable bonds is 4. The Bertz CT molecular complexity index is 1470. The average molecular weight is 441 g/mol. The molecule has 0 amide bonds. The molecule has 4 aromatic heterocycles. The summed E-state index contributed by atoms with van der Waals surface area (Å²) in [5, 5.41) is 6.70. The molecule has 1 saturated heterocycles. The first-order valence-corrected chi connectivity index (χ1v) is 11.4. The maximum absolute atomic E-state index is 14.0. The molecule has 0 saturated carbocycles. The molecular formula is C26H25FN6. The van der Waals surface area contributed by atoms with Crippen LogP contribution in [0.3, 0.4) is 0 Å². The Labute approximate surface area is 191 Å². The Hall–Kier alpha value is -3.58. The van der Waals surface area contributed by atoms with Gasteiger partial charge in [-0.1, -0.05) is 6.07 Å². The van der Waals surface area contributed by atoms with E-state index in [1.54, 1.807) is 12.3 Å². The number of nitrogens with one attached hydrogen (secondary N) is 1. The third kappa shape index (κ3) is 3.40. The van der Waals surface area contributed by atoms with Gasteiger partial charge in [0.05, 0.1) is 17.4 Å². The number of aromatic amines is 1. The van der Waals surface area contributed by atoms with Crippen molar-refractivity contribution in [1.29, 1.82) is 0 Å². The summed E-state index contributed by atoms with van der Waals surface area (Å²) in [5.74, 6) is 0.561. The Morgan fingerprint density at radius 1 is 1.09 bits per heavy atom. The second-order valence-corrected chi connectivity index (χ2v) is 8.84. The van der Waals surface area contributed by atoms with Gasteiger partial charge in [-0.05, 0) is 81.3 Å². The van der Waals surface area contributed by atoms with Gasteiger partial charge in [0.15, 0.2) is 11.5 Å². The molecule has 1 aliphatic heterocycles. The van der Waals surface area contributed by atoms with Crippen LogP contribution in [-0.4, -0.2) is 36.2 Å². The van der Waals surface area contributed by atoms with Crippen LogP contribution in [0.4, 0.5) is 4.39 Å². The summed E-state index contributed by atoms with van der Waals surface area (Å²) < 4.78 is 15.8. The Balaban J connectivity index is 1.38. The summed E-state index contributed by atoms with van der Waals surface area (Å²) in [5.41, 5.74) is 6.05. The number of halogens is 1. The average Bonchev–Trinajstić information content (AvgIpc) is 3.51. The summed E-state index contributed by atoms with van der Waals surface area (Å²) in [6.07, 6.45) is 3.93. The molecule has 5 heterocycles. The van der Waals surface area contributed by atoms with Gasteiger partial charge in [-0.2, -0.15) is 9.78 Å². The standard InChI is InChI=1S/C26H25FN6/c1-16-21(20-14-18(27)8-10-22(20)29-16)15-32-13-5-6-24(32)23-11-9-19-17(2)31-33(26(19)30-23)25-7-3-4-12-28-25/h3-4,7-12,14,24,29H,5-6,13,15H2,1-2H3/t24-/m0/s1. The SMILES string of the molecule is Cc1[nH]c2ccc(F)cc2c1CN1CCC[C@H]1c1ccc2c(C)nn(-c3ccccn3)c2n1. The Kier molecular flexibility index (Phi) is 4.73. The molecule has 5 aromatic rings. The molecule has 7 heteroatoms. The number of aryl methyl sites for hydroxylation is 2. The van der Waals surface area contributed by atoms with Gasteiger partial charge in [0.1, 0.15) is 5.82 Å². The van der Waals surface area contributed by atoms with Crippen molar-refractivity contribution in [2.24, 2.45) is 0 Å². The van der Waals surface area contributed by atoms with Crippen molar-refractivity contribution in [1.82, 2.24) is 29.6 Å². The Morgan fingerprint density at radius 3 is 2.85 bits per heavy atom. The molecule has 0 spiro atoms. The van der Waals surface area contributed by atoms with Crippen molar-refractivity contribution in [3.05, 3.63) is 83.2 Å². The largest absolute Gasteiger partial charge is 0.358 e. The van der Waals surface area contributed by atoms with E-state index in [-0.39, 0.29) is 11.9 Å². The first kappa shape index (κ1) is 20.1. The minimum atomic E-state index is -0.203. The molecule has 1 N–H and O–H groups in total. The van der Waals surface area contributed by atoms with Gasteiger partial charge in [0.25, 0.3) is 0 Å². The van der Waals surface area contributed by atoms with Crippen molar-refractivity contribution >= 4 is 21.9 Å². The van der Waals surface area contributed by atoms with Crippen molar-refractivity contribution < 1.29 is 4.39 Å². The molecule has 0 aliphatic carbocycles. The van der Waals surface area contributed by atoms with E-state index in [2.05, 4.69) is 33.9 Å². The van der Waals surface area contributed by atoms with E-state index in [1.165, 1.54) is 6.07 Å². The lowest BCUT2D eigenvalue weighted by atomic mass is 10.1. The van der Waals surface area contributed by atoms with Gasteiger partial charge in [-0.3, -0.25) is 4.90 Å². The molecule has 1 aromatic carbocycles. The van der Waals surface area contributed by atoms with Crippen molar-refractivity contribution in [3.8, 4) is 5.82 Å². The first-order chi connectivity index (χ1) is 16.1. The molecule has 1 fully saturated rings. The van der Waals surface area contributed by atoms with E-state index < -0.39 is 0 Å². The number of hydrogen-bond donors (Lipinski definition) is 1. The fourth-order valence-electron chi connectivity index (χ4n) is 5.09. The van der Waals surface area contributed by atoms with Crippen molar-refractivity contribution in [3.63, 3.8) is 0 Å². The number of aromatic nitrogens is 5. The number of H-pyrrole nitrogens is 1. The zero-order valence-corrected chi connectivity index (χ0v) is 18.7. The molecule has 166 valence electrons. The number of benzene rings is 1. The molecule has 6 nitrogen and oxygen atoms in total. The van der Waals surface area contributed by atoms with Gasteiger partial charge in [0, 0.05) is 34.7 Å². The Morgan fingerprint density at radius 2 is 2.00 bits per heavy atom. The molecule has 0 bridgehead atoms. The number of nitrogens with zero attached hydrogens (tertiary/aromatic N) is 5. The monoisotopic (exact) mass is 440 g/mol. The molecule has 0 unspecified atom stereocenters. The maximum Gasteiger partial charge on any atom is 0.165 e. The lowest BCUT2D eigenvalue weighted by Crippen LogP contribution is -2.23. The summed E-state index contributed by atoms with van der Waals surface area (Å²) in [4.78, 5) is 15.4. The summed E-state index contributed by atoms with van der Waals surface area (Å²) >= 11 is 0. The molecule has 0 radical (unpaired) electrons. The normalized spacial score (nSPS) is 16.9. The van der Waals surface area contributed by atoms with E-state index in [0.717, 1.165) is 76.3 Å². The quantitative estimate of drug-likeness (QED) is 0.407. The molecule has 33 heavy (non-hydrogen) atoms. The van der Waals surface area contributed by atoms with Crippen LogP contribution < -0.4 is 0 Å². The second-order valence-electron chi connectivity index (χ2n) is 8.84. The summed E-state index contributed by atoms with van der Waals surface area (Å²) in [7, 11) is 0. The zero-order chi connectivity index (χ0) is 22.5. The summed E-state index contributed by atoms with van der Waals surface area (Å²) in [6, 6.07) is 15.2. The lowest BCUT2D eigenvalue weighted by molar-refractivity contribution is 0.245. The minimum absolute atomic E-state index is 0.203. The van der Waals surface area contributed by atoms with E-state index >= 15 is 0 Å². The van der Waals surface area contributed by atoms with Crippen LogP contribution in [0.5, 0.6) is 0 Å². The number of likely N-dealkylation sites (tertiary alicyclic amines) is 1. The molecule has 1 atom stereocenters. The molecule has 1 aliphatic rings. The van der Waals surface area contributed by atoms with Gasteiger partial charge >= 0.3 is 0 Å². The topological polar surface area (TPSA) is 62.6 Å². The minimum Gasteiger partial charge on any atom is -0.358 e. The molecular weight excluding hydrogens is 415 g/mol. The zero-order valence-electron chi connectivity index (χ0n) is 18.7. The predicted octanol–water partition coefficient (Wildman–Crippen LogP) is 5.39. The van der Waals surface area contributed by atoms with E-state index in [4.69, 9.17) is 10.1 Å². The number of hydrogen-bond acceptors (Lipinski definition) is 4. The van der Waals surface area contributed by atoms with Crippen LogP contribution in [-0.2, 0) is 6.54 Å². The fourth-order valence-corrected chi connectivity index (χ4v) is 5.09. The van der Waals surface area contributed by atoms with Crippen LogP contribution >= 0.6 is 0 Å².